The van der Waals surface area contributed by atoms with E-state index in [1.54, 1.807) is 0 Å². The van der Waals surface area contributed by atoms with Gasteiger partial charge in [-0.1, -0.05) is 23.8 Å². The van der Waals surface area contributed by atoms with Crippen LogP contribution in [0.4, 0.5) is 0 Å². The van der Waals surface area contributed by atoms with Gasteiger partial charge < -0.3 is 4.52 Å². The van der Waals surface area contributed by atoms with Gasteiger partial charge in [0, 0.05) is 5.56 Å². The predicted octanol–water partition coefficient (Wildman–Crippen LogP) is 3.77. The molecule has 18 heavy (non-hydrogen) atoms. The molecule has 0 amide bonds. The van der Waals surface area contributed by atoms with E-state index in [4.69, 9.17) is 4.52 Å². The fourth-order valence-electron chi connectivity index (χ4n) is 2.50. The molecule has 1 aliphatic heterocycles. The summed E-state index contributed by atoms with van der Waals surface area (Å²) in [7, 11) is -2.17. The first kappa shape index (κ1) is 11.6. The zero-order chi connectivity index (χ0) is 12.9. The molecule has 0 radical (unpaired) electrons. The van der Waals surface area contributed by atoms with E-state index >= 15 is 0 Å². The molecule has 3 rings (SSSR count). The summed E-state index contributed by atoms with van der Waals surface area (Å²) in [6.07, 6.45) is 0. The molecular weight excluding hydrogens is 243 g/mol. The number of fused-ring (bicyclic) bond motifs is 3. The Morgan fingerprint density at radius 2 is 1.72 bits per heavy atom. The van der Waals surface area contributed by atoms with E-state index in [0.29, 0.717) is 0 Å². The van der Waals surface area contributed by atoms with Crippen molar-refractivity contribution in [1.82, 2.24) is 0 Å². The normalized spacial score (nSPS) is 16.7. The van der Waals surface area contributed by atoms with Crippen LogP contribution in [-0.2, 0) is 4.57 Å². The van der Waals surface area contributed by atoms with Crippen molar-refractivity contribution in [2.24, 2.45) is 0 Å². The topological polar surface area (TPSA) is 26.3 Å². The molecule has 1 unspecified atom stereocenters. The summed E-state index contributed by atoms with van der Waals surface area (Å²) in [5, 5.41) is 0.845. The van der Waals surface area contributed by atoms with Gasteiger partial charge in [0.2, 0.25) is 0 Å². The second-order valence-corrected chi connectivity index (χ2v) is 6.21. The third-order valence-electron chi connectivity index (χ3n) is 3.30. The molecule has 1 heterocycles. The van der Waals surface area contributed by atoms with Crippen LogP contribution in [-0.4, -0.2) is 0 Å². The summed E-state index contributed by atoms with van der Waals surface area (Å²) in [5.74, 6) is 0.779. The number of aryl methyl sites for hydroxylation is 3. The lowest BCUT2D eigenvalue weighted by molar-refractivity contribution is 0.511. The minimum absolute atomic E-state index is 0.779. The number of rotatable bonds is 0. The van der Waals surface area contributed by atoms with Gasteiger partial charge in [-0.25, -0.2) is 0 Å². The molecule has 2 aromatic rings. The third kappa shape index (κ3) is 1.69. The molecule has 2 nitrogen and oxygen atoms in total. The quantitative estimate of drug-likeness (QED) is 0.672. The van der Waals surface area contributed by atoms with Crippen molar-refractivity contribution < 1.29 is 9.09 Å². The first-order chi connectivity index (χ1) is 8.56. The number of hydrogen-bond donors (Lipinski definition) is 0. The van der Waals surface area contributed by atoms with Crippen molar-refractivity contribution in [2.45, 2.75) is 20.8 Å². The first-order valence-corrected chi connectivity index (χ1v) is 7.32. The summed E-state index contributed by atoms with van der Waals surface area (Å²) in [6.45, 7) is 6.07. The molecule has 0 fully saturated rings. The molecule has 92 valence electrons. The van der Waals surface area contributed by atoms with Crippen LogP contribution in [0.5, 0.6) is 5.75 Å². The van der Waals surface area contributed by atoms with Crippen molar-refractivity contribution in [3.05, 3.63) is 47.0 Å². The Labute approximate surface area is 107 Å². The highest BCUT2D eigenvalue weighted by Crippen LogP contribution is 2.45. The van der Waals surface area contributed by atoms with Gasteiger partial charge in [0.15, 0.2) is 0 Å². The molecule has 1 aliphatic rings. The van der Waals surface area contributed by atoms with Crippen molar-refractivity contribution >= 4 is 13.3 Å². The van der Waals surface area contributed by atoms with Crippen LogP contribution >= 0.6 is 8.03 Å². The fraction of sp³-hybridized carbons (Fsp3) is 0.200. The summed E-state index contributed by atoms with van der Waals surface area (Å²) >= 11 is 0. The van der Waals surface area contributed by atoms with Crippen molar-refractivity contribution in [1.29, 1.82) is 0 Å². The molecule has 0 spiro atoms. The molecule has 0 saturated heterocycles. The molecular formula is C15H15O2P. The molecule has 3 heteroatoms. The van der Waals surface area contributed by atoms with E-state index in [2.05, 4.69) is 25.1 Å². The van der Waals surface area contributed by atoms with Gasteiger partial charge >= 0.3 is 0 Å². The molecule has 0 aromatic heterocycles. The van der Waals surface area contributed by atoms with E-state index in [1.807, 2.05) is 26.0 Å². The fourth-order valence-corrected chi connectivity index (χ4v) is 3.85. The lowest BCUT2D eigenvalue weighted by Crippen LogP contribution is -2.11. The van der Waals surface area contributed by atoms with Gasteiger partial charge in [0.1, 0.15) is 5.75 Å². The largest absolute Gasteiger partial charge is 0.441 e. The number of benzene rings is 2. The van der Waals surface area contributed by atoms with E-state index in [9.17, 15) is 4.57 Å². The second-order valence-electron chi connectivity index (χ2n) is 4.90. The highest BCUT2D eigenvalue weighted by Gasteiger charge is 2.24. The van der Waals surface area contributed by atoms with Gasteiger partial charge in [-0.15, -0.1) is 0 Å². The van der Waals surface area contributed by atoms with E-state index in [0.717, 1.165) is 33.3 Å². The van der Waals surface area contributed by atoms with Crippen molar-refractivity contribution in [2.75, 3.05) is 0 Å². The van der Waals surface area contributed by atoms with Crippen LogP contribution < -0.4 is 9.83 Å². The van der Waals surface area contributed by atoms with Crippen LogP contribution in [0.3, 0.4) is 0 Å². The first-order valence-electron chi connectivity index (χ1n) is 6.01. The average molecular weight is 258 g/mol. The van der Waals surface area contributed by atoms with Crippen LogP contribution in [0.25, 0.3) is 11.1 Å². The maximum Gasteiger partial charge on any atom is 0.266 e. The summed E-state index contributed by atoms with van der Waals surface area (Å²) < 4.78 is 17.8. The van der Waals surface area contributed by atoms with Crippen molar-refractivity contribution in [3.8, 4) is 16.9 Å². The molecule has 1 atom stereocenters. The summed E-state index contributed by atoms with van der Waals surface area (Å²) in [4.78, 5) is 0. The Bertz CT molecular complexity index is 674. The van der Waals surface area contributed by atoms with E-state index in [-0.39, 0.29) is 0 Å². The minimum atomic E-state index is -2.17. The van der Waals surface area contributed by atoms with Gasteiger partial charge in [-0.3, -0.25) is 4.57 Å². The zero-order valence-corrected chi connectivity index (χ0v) is 11.7. The second kappa shape index (κ2) is 4.00. The van der Waals surface area contributed by atoms with Crippen molar-refractivity contribution in [3.63, 3.8) is 0 Å². The number of hydrogen-bond acceptors (Lipinski definition) is 2. The summed E-state index contributed by atoms with van der Waals surface area (Å²) in [6, 6.07) is 10.2. The van der Waals surface area contributed by atoms with Gasteiger partial charge in [0.05, 0.1) is 5.30 Å². The monoisotopic (exact) mass is 258 g/mol. The molecule has 0 aliphatic carbocycles. The lowest BCUT2D eigenvalue weighted by Gasteiger charge is -2.22. The highest BCUT2D eigenvalue weighted by atomic mass is 31.1. The smallest absolute Gasteiger partial charge is 0.266 e. The van der Waals surface area contributed by atoms with E-state index < -0.39 is 8.03 Å². The lowest BCUT2D eigenvalue weighted by atomic mass is 9.98. The zero-order valence-electron chi connectivity index (χ0n) is 10.7. The van der Waals surface area contributed by atoms with Gasteiger partial charge in [-0.05, 0) is 49.6 Å². The Morgan fingerprint density at radius 1 is 0.944 bits per heavy atom. The molecule has 0 N–H and O–H groups in total. The van der Waals surface area contributed by atoms with Gasteiger partial charge in [0.25, 0.3) is 8.03 Å². The minimum Gasteiger partial charge on any atom is -0.441 e. The van der Waals surface area contributed by atoms with Gasteiger partial charge in [-0.2, -0.15) is 0 Å². The standard InChI is InChI=1S/C15H15O2P/c1-9-4-5-12-13-7-10(2)6-11(3)15(13)17-18(16)14(12)8-9/h4-8,18H,1-3H3. The Morgan fingerprint density at radius 3 is 2.50 bits per heavy atom. The Balaban J connectivity index is 2.35. The Hall–Kier alpha value is -1.53. The SMILES string of the molecule is Cc1cc(C)c2c(c1)-c1ccc(C)cc1[PH](=O)O2. The maximum atomic E-state index is 12.2. The van der Waals surface area contributed by atoms with Crippen LogP contribution in [0.15, 0.2) is 30.3 Å². The van der Waals surface area contributed by atoms with E-state index in [1.165, 1.54) is 5.56 Å². The van der Waals surface area contributed by atoms with Crippen LogP contribution in [0, 0.1) is 20.8 Å². The predicted molar refractivity (Wildman–Crippen MR) is 75.4 cm³/mol. The molecule has 0 bridgehead atoms. The molecule has 2 aromatic carbocycles. The van der Waals surface area contributed by atoms with Crippen LogP contribution in [0.2, 0.25) is 0 Å². The third-order valence-corrected chi connectivity index (χ3v) is 4.54. The highest BCUT2D eigenvalue weighted by molar-refractivity contribution is 7.49. The average Bonchev–Trinajstić information content (AvgIpc) is 2.31. The summed E-state index contributed by atoms with van der Waals surface area (Å²) in [5.41, 5.74) is 5.48. The Kier molecular flexibility index (Phi) is 2.57. The maximum absolute atomic E-state index is 12.2. The van der Waals surface area contributed by atoms with Crippen LogP contribution in [0.1, 0.15) is 16.7 Å². The molecule has 0 saturated carbocycles.